The normalized spacial score (nSPS) is 24.1. The molecule has 4 N–H and O–H groups in total. The maximum atomic E-state index is 12.3. The second kappa shape index (κ2) is 7.13. The average molecular weight is 317 g/mol. The van der Waals surface area contributed by atoms with E-state index in [0.29, 0.717) is 0 Å². The quantitative estimate of drug-likeness (QED) is 0.796. The monoisotopic (exact) mass is 317 g/mol. The largest absolute Gasteiger partial charge is 0.347 e. The van der Waals surface area contributed by atoms with Crippen LogP contribution in [0.1, 0.15) is 43.7 Å². The molecular weight excluding hydrogens is 290 g/mol. The van der Waals surface area contributed by atoms with Crippen molar-refractivity contribution < 1.29 is 9.59 Å². The Kier molecular flexibility index (Phi) is 5.42. The molecule has 0 aliphatic heterocycles. The first-order chi connectivity index (χ1) is 10.8. The summed E-state index contributed by atoms with van der Waals surface area (Å²) in [6.07, 6.45) is 3.71. The van der Waals surface area contributed by atoms with E-state index in [4.69, 9.17) is 5.73 Å². The van der Waals surface area contributed by atoms with Crippen LogP contribution in [-0.4, -0.2) is 23.9 Å². The Labute approximate surface area is 138 Å². The van der Waals surface area contributed by atoms with Gasteiger partial charge in [0.25, 0.3) is 0 Å². The van der Waals surface area contributed by atoms with Crippen LogP contribution in [0.3, 0.4) is 0 Å². The van der Waals surface area contributed by atoms with Gasteiger partial charge in [-0.25, -0.2) is 0 Å². The number of carbonyl (C=O) groups excluding carboxylic acids is 2. The highest BCUT2D eigenvalue weighted by Gasteiger charge is 2.37. The number of benzene rings is 1. The van der Waals surface area contributed by atoms with Crippen molar-refractivity contribution in [3.8, 4) is 0 Å². The molecule has 1 saturated carbocycles. The molecule has 1 aliphatic rings. The van der Waals surface area contributed by atoms with E-state index >= 15 is 0 Å². The third-order valence-corrected chi connectivity index (χ3v) is 4.74. The number of rotatable bonds is 4. The van der Waals surface area contributed by atoms with E-state index in [9.17, 15) is 9.59 Å². The average Bonchev–Trinajstić information content (AvgIpc) is 2.48. The predicted molar refractivity (Wildman–Crippen MR) is 92.1 cm³/mol. The number of nitrogens with one attached hydrogen (secondary N) is 2. The summed E-state index contributed by atoms with van der Waals surface area (Å²) in [6.45, 7) is 5.79. The lowest BCUT2D eigenvalue weighted by Crippen LogP contribution is -2.53. The minimum atomic E-state index is -0.481. The van der Waals surface area contributed by atoms with Gasteiger partial charge in [0.1, 0.15) is 0 Å². The van der Waals surface area contributed by atoms with Crippen molar-refractivity contribution in [3.63, 3.8) is 0 Å². The van der Waals surface area contributed by atoms with Crippen molar-refractivity contribution in [2.45, 2.75) is 52.0 Å². The SMILES string of the molecule is Cc1cccc(C)c1NC(=O)CNC(=O)C1CCCCC1(C)N. The van der Waals surface area contributed by atoms with Crippen molar-refractivity contribution in [3.05, 3.63) is 29.3 Å². The Bertz CT molecular complexity index is 576. The van der Waals surface area contributed by atoms with Crippen molar-refractivity contribution in [2.24, 2.45) is 11.7 Å². The van der Waals surface area contributed by atoms with Crippen LogP contribution in [0.4, 0.5) is 5.69 Å². The van der Waals surface area contributed by atoms with E-state index in [1.807, 2.05) is 39.0 Å². The third-order valence-electron chi connectivity index (χ3n) is 4.74. The minimum Gasteiger partial charge on any atom is -0.347 e. The molecule has 0 bridgehead atoms. The lowest BCUT2D eigenvalue weighted by Gasteiger charge is -2.37. The van der Waals surface area contributed by atoms with Gasteiger partial charge in [-0.15, -0.1) is 0 Å². The van der Waals surface area contributed by atoms with Gasteiger partial charge in [-0.2, -0.15) is 0 Å². The summed E-state index contributed by atoms with van der Waals surface area (Å²) >= 11 is 0. The number of amides is 2. The molecule has 0 radical (unpaired) electrons. The van der Waals surface area contributed by atoms with Crippen LogP contribution in [0.5, 0.6) is 0 Å². The Hall–Kier alpha value is -1.88. The van der Waals surface area contributed by atoms with Gasteiger partial charge in [0.2, 0.25) is 11.8 Å². The minimum absolute atomic E-state index is 0.0286. The third kappa shape index (κ3) is 4.32. The zero-order chi connectivity index (χ0) is 17.0. The molecular formula is C18H27N3O2. The number of hydrogen-bond donors (Lipinski definition) is 3. The lowest BCUT2D eigenvalue weighted by atomic mass is 9.74. The molecule has 1 aliphatic carbocycles. The van der Waals surface area contributed by atoms with Crippen LogP contribution < -0.4 is 16.4 Å². The molecule has 5 nitrogen and oxygen atoms in total. The lowest BCUT2D eigenvalue weighted by molar-refractivity contribution is -0.130. The highest BCUT2D eigenvalue weighted by Crippen LogP contribution is 2.31. The number of aryl methyl sites for hydroxylation is 2. The molecule has 0 aromatic heterocycles. The first-order valence-corrected chi connectivity index (χ1v) is 8.24. The molecule has 0 spiro atoms. The van der Waals surface area contributed by atoms with E-state index in [1.54, 1.807) is 0 Å². The fourth-order valence-electron chi connectivity index (χ4n) is 3.27. The Balaban J connectivity index is 1.90. The summed E-state index contributed by atoms with van der Waals surface area (Å²) in [5.41, 5.74) is 8.58. The first-order valence-electron chi connectivity index (χ1n) is 8.24. The van der Waals surface area contributed by atoms with Crippen molar-refractivity contribution in [2.75, 3.05) is 11.9 Å². The van der Waals surface area contributed by atoms with Crippen LogP contribution in [-0.2, 0) is 9.59 Å². The Morgan fingerprint density at radius 3 is 2.52 bits per heavy atom. The van der Waals surface area contributed by atoms with E-state index in [1.165, 1.54) is 0 Å². The molecule has 23 heavy (non-hydrogen) atoms. The highest BCUT2D eigenvalue weighted by atomic mass is 16.2. The maximum Gasteiger partial charge on any atom is 0.243 e. The predicted octanol–water partition coefficient (Wildman–Crippen LogP) is 2.27. The number of nitrogens with two attached hydrogens (primary N) is 1. The standard InChI is InChI=1S/C18H27N3O2/c1-12-7-6-8-13(2)16(12)21-15(22)11-20-17(23)14-9-4-5-10-18(14,3)19/h6-8,14H,4-5,9-11,19H2,1-3H3,(H,20,23)(H,21,22). The topological polar surface area (TPSA) is 84.2 Å². The van der Waals surface area contributed by atoms with E-state index in [0.717, 1.165) is 42.5 Å². The van der Waals surface area contributed by atoms with Gasteiger partial charge in [-0.05, 0) is 44.7 Å². The second-order valence-corrected chi connectivity index (χ2v) is 6.84. The molecule has 1 aromatic rings. The van der Waals surface area contributed by atoms with Gasteiger partial charge < -0.3 is 16.4 Å². The molecule has 2 rings (SSSR count). The zero-order valence-electron chi connectivity index (χ0n) is 14.2. The number of para-hydroxylation sites is 1. The smallest absolute Gasteiger partial charge is 0.243 e. The first kappa shape index (κ1) is 17.5. The summed E-state index contributed by atoms with van der Waals surface area (Å²) in [7, 11) is 0. The molecule has 2 atom stereocenters. The van der Waals surface area contributed by atoms with Crippen LogP contribution in [0.15, 0.2) is 18.2 Å². The van der Waals surface area contributed by atoms with Crippen molar-refractivity contribution in [1.29, 1.82) is 0 Å². The summed E-state index contributed by atoms with van der Waals surface area (Å²) in [6, 6.07) is 5.85. The summed E-state index contributed by atoms with van der Waals surface area (Å²) in [5, 5.41) is 5.61. The zero-order valence-corrected chi connectivity index (χ0v) is 14.2. The van der Waals surface area contributed by atoms with Crippen LogP contribution in [0.2, 0.25) is 0 Å². The van der Waals surface area contributed by atoms with Gasteiger partial charge in [0.05, 0.1) is 12.5 Å². The second-order valence-electron chi connectivity index (χ2n) is 6.84. The van der Waals surface area contributed by atoms with Gasteiger partial charge in [-0.1, -0.05) is 31.0 Å². The molecule has 1 fully saturated rings. The number of anilines is 1. The summed E-state index contributed by atoms with van der Waals surface area (Å²) < 4.78 is 0. The molecule has 2 unspecified atom stereocenters. The Morgan fingerprint density at radius 2 is 1.91 bits per heavy atom. The molecule has 5 heteroatoms. The van der Waals surface area contributed by atoms with Gasteiger partial charge in [-0.3, -0.25) is 9.59 Å². The van der Waals surface area contributed by atoms with E-state index in [2.05, 4.69) is 10.6 Å². The van der Waals surface area contributed by atoms with Gasteiger partial charge in [0.15, 0.2) is 0 Å². The molecule has 126 valence electrons. The number of hydrogen-bond acceptors (Lipinski definition) is 3. The summed E-state index contributed by atoms with van der Waals surface area (Å²) in [4.78, 5) is 24.4. The fraction of sp³-hybridized carbons (Fsp3) is 0.556. The van der Waals surface area contributed by atoms with Gasteiger partial charge >= 0.3 is 0 Å². The van der Waals surface area contributed by atoms with Crippen molar-refractivity contribution >= 4 is 17.5 Å². The van der Waals surface area contributed by atoms with Crippen LogP contribution in [0, 0.1) is 19.8 Å². The molecule has 0 heterocycles. The van der Waals surface area contributed by atoms with Crippen LogP contribution in [0.25, 0.3) is 0 Å². The summed E-state index contributed by atoms with van der Waals surface area (Å²) in [5.74, 6) is -0.555. The van der Waals surface area contributed by atoms with Crippen LogP contribution >= 0.6 is 0 Å². The van der Waals surface area contributed by atoms with E-state index < -0.39 is 5.54 Å². The van der Waals surface area contributed by atoms with Gasteiger partial charge in [0, 0.05) is 11.2 Å². The van der Waals surface area contributed by atoms with Crippen molar-refractivity contribution in [1.82, 2.24) is 5.32 Å². The fourth-order valence-corrected chi connectivity index (χ4v) is 3.27. The number of carbonyl (C=O) groups is 2. The molecule has 1 aromatic carbocycles. The molecule has 0 saturated heterocycles. The molecule has 2 amide bonds. The Morgan fingerprint density at radius 1 is 1.26 bits per heavy atom. The maximum absolute atomic E-state index is 12.3. The highest BCUT2D eigenvalue weighted by molar-refractivity contribution is 5.96. The van der Waals surface area contributed by atoms with E-state index in [-0.39, 0.29) is 24.3 Å².